The van der Waals surface area contributed by atoms with Gasteiger partial charge in [0, 0.05) is 6.42 Å². The summed E-state index contributed by atoms with van der Waals surface area (Å²) in [6.07, 6.45) is 6.69. The maximum Gasteiger partial charge on any atom is 0.264 e. The van der Waals surface area contributed by atoms with Gasteiger partial charge in [-0.1, -0.05) is 50.1 Å². The van der Waals surface area contributed by atoms with Crippen molar-refractivity contribution in [2.75, 3.05) is 19.7 Å². The molecule has 1 unspecified atom stereocenters. The van der Waals surface area contributed by atoms with Gasteiger partial charge in [0.15, 0.2) is 0 Å². The molecule has 0 radical (unpaired) electrons. The topological polar surface area (TPSA) is 61.8 Å². The Morgan fingerprint density at radius 3 is 2.40 bits per heavy atom. The maximum absolute atomic E-state index is 11.8. The van der Waals surface area contributed by atoms with Crippen molar-refractivity contribution >= 4 is 10.1 Å². The molecule has 1 aromatic rings. The Labute approximate surface area is 151 Å². The lowest BCUT2D eigenvalue weighted by Crippen LogP contribution is -2.42. The van der Waals surface area contributed by atoms with E-state index in [-0.39, 0.29) is 12.7 Å². The molecule has 1 fully saturated rings. The van der Waals surface area contributed by atoms with Crippen molar-refractivity contribution in [3.63, 3.8) is 0 Å². The smallest absolute Gasteiger partial charge is 0.264 e. The van der Waals surface area contributed by atoms with E-state index in [0.717, 1.165) is 37.5 Å². The lowest BCUT2D eigenvalue weighted by atomic mass is 9.81. The van der Waals surface area contributed by atoms with Gasteiger partial charge >= 0.3 is 0 Å². The molecule has 0 heterocycles. The molecule has 2 rings (SSSR count). The van der Waals surface area contributed by atoms with Crippen LogP contribution in [0.25, 0.3) is 0 Å². The molecule has 0 N–H and O–H groups in total. The van der Waals surface area contributed by atoms with Crippen molar-refractivity contribution < 1.29 is 22.1 Å². The van der Waals surface area contributed by atoms with Crippen molar-refractivity contribution in [2.24, 2.45) is 5.92 Å². The van der Waals surface area contributed by atoms with Crippen LogP contribution in [0.2, 0.25) is 0 Å². The van der Waals surface area contributed by atoms with Crippen LogP contribution in [0.1, 0.15) is 51.0 Å². The first-order valence-electron chi connectivity index (χ1n) is 9.05. The molecular formula is C19H30O5S. The number of hydrogen-bond donors (Lipinski definition) is 0. The SMILES string of the molecule is CCC(CCOCOCc1ccccc1)(OS(C)(=O)=O)C1CCCC1. The van der Waals surface area contributed by atoms with E-state index in [0.29, 0.717) is 26.1 Å². The van der Waals surface area contributed by atoms with E-state index in [1.54, 1.807) is 0 Å². The highest BCUT2D eigenvalue weighted by Gasteiger charge is 2.42. The third kappa shape index (κ3) is 6.70. The summed E-state index contributed by atoms with van der Waals surface area (Å²) in [4.78, 5) is 0. The summed E-state index contributed by atoms with van der Waals surface area (Å²) in [5.41, 5.74) is 0.448. The molecular weight excluding hydrogens is 340 g/mol. The fraction of sp³-hybridized carbons (Fsp3) is 0.684. The predicted molar refractivity (Wildman–Crippen MR) is 97.6 cm³/mol. The van der Waals surface area contributed by atoms with Crippen LogP contribution in [-0.4, -0.2) is 33.7 Å². The van der Waals surface area contributed by atoms with Gasteiger partial charge in [-0.2, -0.15) is 8.42 Å². The normalized spacial score (nSPS) is 18.3. The van der Waals surface area contributed by atoms with Crippen LogP contribution in [0.3, 0.4) is 0 Å². The Bertz CT molecular complexity index is 596. The molecule has 1 aliphatic rings. The molecule has 1 atom stereocenters. The van der Waals surface area contributed by atoms with Crippen molar-refractivity contribution in [1.29, 1.82) is 0 Å². The van der Waals surface area contributed by atoms with E-state index in [1.807, 2.05) is 37.3 Å². The summed E-state index contributed by atoms with van der Waals surface area (Å²) in [7, 11) is -3.50. The molecule has 1 saturated carbocycles. The zero-order valence-electron chi connectivity index (χ0n) is 15.3. The lowest BCUT2D eigenvalue weighted by molar-refractivity contribution is -0.0842. The van der Waals surface area contributed by atoms with Gasteiger partial charge in [-0.25, -0.2) is 0 Å². The van der Waals surface area contributed by atoms with Crippen LogP contribution in [0, 0.1) is 5.92 Å². The average molecular weight is 371 g/mol. The van der Waals surface area contributed by atoms with Crippen LogP contribution in [0.4, 0.5) is 0 Å². The Morgan fingerprint density at radius 1 is 1.12 bits per heavy atom. The Morgan fingerprint density at radius 2 is 1.80 bits per heavy atom. The van der Waals surface area contributed by atoms with E-state index >= 15 is 0 Å². The molecule has 0 spiro atoms. The number of ether oxygens (including phenoxy) is 2. The second-order valence-electron chi connectivity index (χ2n) is 6.80. The monoisotopic (exact) mass is 370 g/mol. The third-order valence-electron chi connectivity index (χ3n) is 4.96. The van der Waals surface area contributed by atoms with E-state index in [9.17, 15) is 8.42 Å². The predicted octanol–water partition coefficient (Wildman–Crippen LogP) is 3.88. The molecule has 0 amide bonds. The summed E-state index contributed by atoms with van der Waals surface area (Å²) in [6, 6.07) is 9.91. The van der Waals surface area contributed by atoms with Crippen molar-refractivity contribution in [3.05, 3.63) is 35.9 Å². The molecule has 0 aromatic heterocycles. The summed E-state index contributed by atoms with van der Waals surface area (Å²) in [6.45, 7) is 3.12. The summed E-state index contributed by atoms with van der Waals surface area (Å²) in [5.74, 6) is 0.279. The highest BCUT2D eigenvalue weighted by molar-refractivity contribution is 7.86. The molecule has 1 aromatic carbocycles. The fourth-order valence-corrected chi connectivity index (χ4v) is 4.63. The molecule has 5 nitrogen and oxygen atoms in total. The van der Waals surface area contributed by atoms with Crippen LogP contribution in [0.15, 0.2) is 30.3 Å². The van der Waals surface area contributed by atoms with Gasteiger partial charge in [0.1, 0.15) is 6.79 Å². The van der Waals surface area contributed by atoms with Crippen molar-refractivity contribution in [2.45, 2.75) is 57.7 Å². The Balaban J connectivity index is 1.80. The molecule has 25 heavy (non-hydrogen) atoms. The minimum atomic E-state index is -3.50. The van der Waals surface area contributed by atoms with E-state index < -0.39 is 15.7 Å². The van der Waals surface area contributed by atoms with Crippen molar-refractivity contribution in [3.8, 4) is 0 Å². The number of rotatable bonds is 11. The molecule has 0 bridgehead atoms. The van der Waals surface area contributed by atoms with Gasteiger partial charge in [-0.05, 0) is 30.7 Å². The van der Waals surface area contributed by atoms with Crippen LogP contribution in [-0.2, 0) is 30.4 Å². The van der Waals surface area contributed by atoms with Gasteiger partial charge in [-0.15, -0.1) is 0 Å². The van der Waals surface area contributed by atoms with E-state index in [4.69, 9.17) is 13.7 Å². The summed E-state index contributed by atoms with van der Waals surface area (Å²) >= 11 is 0. The molecule has 0 saturated heterocycles. The van der Waals surface area contributed by atoms with Crippen LogP contribution < -0.4 is 0 Å². The van der Waals surface area contributed by atoms with E-state index in [1.165, 1.54) is 0 Å². The molecule has 0 aliphatic heterocycles. The molecule has 1 aliphatic carbocycles. The fourth-order valence-electron chi connectivity index (χ4n) is 3.69. The lowest BCUT2D eigenvalue weighted by Gasteiger charge is -2.37. The van der Waals surface area contributed by atoms with Gasteiger partial charge < -0.3 is 9.47 Å². The number of benzene rings is 1. The Hall–Kier alpha value is -0.950. The first kappa shape index (κ1) is 20.4. The zero-order valence-corrected chi connectivity index (χ0v) is 16.1. The largest absolute Gasteiger partial charge is 0.355 e. The van der Waals surface area contributed by atoms with E-state index in [2.05, 4.69) is 0 Å². The Kier molecular flexibility index (Phi) is 7.87. The average Bonchev–Trinajstić information content (AvgIpc) is 3.12. The zero-order chi connectivity index (χ0) is 18.2. The first-order chi connectivity index (χ1) is 12.0. The van der Waals surface area contributed by atoms with Crippen molar-refractivity contribution in [1.82, 2.24) is 0 Å². The second-order valence-corrected chi connectivity index (χ2v) is 8.37. The van der Waals surface area contributed by atoms with Gasteiger partial charge in [0.25, 0.3) is 10.1 Å². The maximum atomic E-state index is 11.8. The standard InChI is InChI=1S/C19H30O5S/c1-3-19(24-25(2,20)21,18-11-7-8-12-18)13-14-22-16-23-15-17-9-5-4-6-10-17/h4-6,9-10,18H,3,7-8,11-16H2,1-2H3. The number of hydrogen-bond acceptors (Lipinski definition) is 5. The van der Waals surface area contributed by atoms with Crippen LogP contribution >= 0.6 is 0 Å². The summed E-state index contributed by atoms with van der Waals surface area (Å²) in [5, 5.41) is 0. The highest BCUT2D eigenvalue weighted by atomic mass is 32.2. The molecule has 142 valence electrons. The minimum Gasteiger partial charge on any atom is -0.355 e. The second kappa shape index (κ2) is 9.67. The van der Waals surface area contributed by atoms with Gasteiger partial charge in [0.05, 0.1) is 25.1 Å². The van der Waals surface area contributed by atoms with Gasteiger partial charge in [0.2, 0.25) is 0 Å². The van der Waals surface area contributed by atoms with Crippen LogP contribution in [0.5, 0.6) is 0 Å². The third-order valence-corrected chi connectivity index (χ3v) is 5.60. The first-order valence-corrected chi connectivity index (χ1v) is 10.9. The van der Waals surface area contributed by atoms with Gasteiger partial charge in [-0.3, -0.25) is 4.18 Å². The molecule has 6 heteroatoms. The minimum absolute atomic E-state index is 0.193. The highest BCUT2D eigenvalue weighted by Crippen LogP contribution is 2.41. The summed E-state index contributed by atoms with van der Waals surface area (Å²) < 4.78 is 40.2. The quantitative estimate of drug-likeness (QED) is 0.336.